The molecule has 67 heavy (non-hydrogen) atoms. The number of hydrogen-bond acceptors (Lipinski definition) is 6. The first-order chi connectivity index (χ1) is 33.0. The first-order valence-corrected chi connectivity index (χ1v) is 27.8. The monoisotopic (exact) mass is 931 g/mol. The minimum Gasteiger partial charge on any atom is -0.462 e. The number of hydrogen-bond donors (Lipinski definition) is 0. The third-order valence-electron chi connectivity index (χ3n) is 11.7. The van der Waals surface area contributed by atoms with Crippen molar-refractivity contribution in [3.05, 3.63) is 97.2 Å². The van der Waals surface area contributed by atoms with Crippen LogP contribution in [-0.2, 0) is 28.6 Å². The van der Waals surface area contributed by atoms with Crippen LogP contribution in [0, 0.1) is 0 Å². The second-order valence-electron chi connectivity index (χ2n) is 18.3. The summed E-state index contributed by atoms with van der Waals surface area (Å²) in [5, 5.41) is 0. The molecule has 0 saturated carbocycles. The van der Waals surface area contributed by atoms with Gasteiger partial charge in [-0.15, -0.1) is 0 Å². The van der Waals surface area contributed by atoms with Gasteiger partial charge in [0.05, 0.1) is 0 Å². The van der Waals surface area contributed by atoms with E-state index in [0.717, 1.165) is 109 Å². The molecule has 0 aromatic heterocycles. The predicted molar refractivity (Wildman–Crippen MR) is 288 cm³/mol. The van der Waals surface area contributed by atoms with Gasteiger partial charge in [-0.2, -0.15) is 0 Å². The Balaban J connectivity index is 4.49. The zero-order valence-electron chi connectivity index (χ0n) is 43.6. The molecule has 0 bridgehead atoms. The topological polar surface area (TPSA) is 78.9 Å². The van der Waals surface area contributed by atoms with Gasteiger partial charge in [-0.05, 0) is 64.2 Å². The maximum absolute atomic E-state index is 12.8. The lowest BCUT2D eigenvalue weighted by Crippen LogP contribution is -2.30. The van der Waals surface area contributed by atoms with Crippen LogP contribution in [0.5, 0.6) is 0 Å². The second-order valence-corrected chi connectivity index (χ2v) is 18.3. The van der Waals surface area contributed by atoms with E-state index in [-0.39, 0.29) is 31.1 Å². The van der Waals surface area contributed by atoms with Gasteiger partial charge < -0.3 is 14.2 Å². The molecular formula is C61H102O6. The third-order valence-corrected chi connectivity index (χ3v) is 11.7. The Morgan fingerprint density at radius 3 is 0.896 bits per heavy atom. The SMILES string of the molecule is CCC\C=C/C=C\C=C/C=C\C=C/CCCCCCCC(=O)OCC(COC(=O)CCCCCCCCCCCCCCC)OC(=O)CCCCCCC\C=C/C=C\C=C/CCCCCCC. The molecule has 0 rings (SSSR count). The molecule has 6 nitrogen and oxygen atoms in total. The summed E-state index contributed by atoms with van der Waals surface area (Å²) in [6, 6.07) is 0. The van der Waals surface area contributed by atoms with Crippen LogP contribution in [-0.4, -0.2) is 37.2 Å². The first kappa shape index (κ1) is 63.3. The minimum atomic E-state index is -0.799. The van der Waals surface area contributed by atoms with Crippen molar-refractivity contribution in [1.82, 2.24) is 0 Å². The van der Waals surface area contributed by atoms with Gasteiger partial charge in [0, 0.05) is 19.3 Å². The highest BCUT2D eigenvalue weighted by Gasteiger charge is 2.19. The Kier molecular flexibility index (Phi) is 51.9. The molecule has 0 aromatic carbocycles. The van der Waals surface area contributed by atoms with Crippen LogP contribution in [0.2, 0.25) is 0 Å². The van der Waals surface area contributed by atoms with Crippen molar-refractivity contribution < 1.29 is 28.6 Å². The molecule has 0 saturated heterocycles. The Labute approximate surface area is 413 Å². The standard InChI is InChI=1S/C61H102O6/c1-4-7-10-13-16-19-22-25-27-29-31-33-36-39-42-45-48-51-54-60(63)66-57-58(56-65-59(62)53-50-47-44-41-38-35-24-21-18-15-12-9-6-3)67-61(64)55-52-49-46-43-40-37-34-32-30-28-26-23-20-17-14-11-8-5-2/h10,13,16,19,22-23,25-34,58H,4-9,11-12,14-15,17-18,20-21,24,35-57H2,1-3H3/b13-10-,19-16-,25-22-,26-23-,29-27-,30-28-,33-31-,34-32-. The quantitative estimate of drug-likeness (QED) is 0.0262. The van der Waals surface area contributed by atoms with Crippen molar-refractivity contribution in [3.63, 3.8) is 0 Å². The van der Waals surface area contributed by atoms with Crippen LogP contribution in [0.25, 0.3) is 0 Å². The highest BCUT2D eigenvalue weighted by Crippen LogP contribution is 2.15. The number of rotatable bonds is 49. The predicted octanol–water partition coefficient (Wildman–Crippen LogP) is 18.5. The molecule has 0 N–H and O–H groups in total. The van der Waals surface area contributed by atoms with E-state index in [0.29, 0.717) is 19.3 Å². The summed E-state index contributed by atoms with van der Waals surface area (Å²) in [5.74, 6) is -0.937. The highest BCUT2D eigenvalue weighted by molar-refractivity contribution is 5.71. The fourth-order valence-corrected chi connectivity index (χ4v) is 7.53. The number of ether oxygens (including phenoxy) is 3. The molecule has 0 spiro atoms. The number of esters is 3. The second kappa shape index (κ2) is 54.9. The highest BCUT2D eigenvalue weighted by atomic mass is 16.6. The fraction of sp³-hybridized carbons (Fsp3) is 0.689. The van der Waals surface area contributed by atoms with Gasteiger partial charge in [0.25, 0.3) is 0 Å². The summed E-state index contributed by atoms with van der Waals surface area (Å²) in [6.45, 7) is 6.50. The lowest BCUT2D eigenvalue weighted by molar-refractivity contribution is -0.167. The van der Waals surface area contributed by atoms with Gasteiger partial charge in [0.15, 0.2) is 6.10 Å². The van der Waals surface area contributed by atoms with E-state index in [4.69, 9.17) is 14.2 Å². The van der Waals surface area contributed by atoms with E-state index in [2.05, 4.69) is 93.7 Å². The van der Waals surface area contributed by atoms with Gasteiger partial charge in [0.1, 0.15) is 13.2 Å². The summed E-state index contributed by atoms with van der Waals surface area (Å²) in [5.41, 5.74) is 0. The zero-order valence-corrected chi connectivity index (χ0v) is 43.6. The summed E-state index contributed by atoms with van der Waals surface area (Å²) >= 11 is 0. The Bertz CT molecular complexity index is 1350. The third kappa shape index (κ3) is 53.2. The molecule has 0 fully saturated rings. The van der Waals surface area contributed by atoms with Gasteiger partial charge >= 0.3 is 17.9 Å². The van der Waals surface area contributed by atoms with Gasteiger partial charge in [-0.1, -0.05) is 266 Å². The van der Waals surface area contributed by atoms with Crippen LogP contribution in [0.4, 0.5) is 0 Å². The molecule has 0 aliphatic rings. The number of allylic oxidation sites excluding steroid dienone is 16. The molecule has 0 radical (unpaired) electrons. The van der Waals surface area contributed by atoms with Gasteiger partial charge in [-0.25, -0.2) is 0 Å². The van der Waals surface area contributed by atoms with Gasteiger partial charge in [0.2, 0.25) is 0 Å². The minimum absolute atomic E-state index is 0.0935. The molecule has 0 aromatic rings. The molecule has 1 atom stereocenters. The van der Waals surface area contributed by atoms with E-state index in [1.54, 1.807) is 0 Å². The zero-order chi connectivity index (χ0) is 48.6. The average molecular weight is 931 g/mol. The maximum Gasteiger partial charge on any atom is 0.306 e. The lowest BCUT2D eigenvalue weighted by atomic mass is 10.0. The van der Waals surface area contributed by atoms with Crippen LogP contribution >= 0.6 is 0 Å². The molecule has 0 aliphatic carbocycles. The van der Waals surface area contributed by atoms with E-state index < -0.39 is 6.10 Å². The normalized spacial score (nSPS) is 12.8. The summed E-state index contributed by atoms with van der Waals surface area (Å²) < 4.78 is 16.8. The molecule has 0 heterocycles. The summed E-state index contributed by atoms with van der Waals surface area (Å²) in [4.78, 5) is 38.1. The molecule has 382 valence electrons. The van der Waals surface area contributed by atoms with Crippen molar-refractivity contribution in [3.8, 4) is 0 Å². The van der Waals surface area contributed by atoms with Crippen LogP contribution < -0.4 is 0 Å². The van der Waals surface area contributed by atoms with E-state index >= 15 is 0 Å². The van der Waals surface area contributed by atoms with Crippen LogP contribution in [0.15, 0.2) is 97.2 Å². The maximum atomic E-state index is 12.8. The van der Waals surface area contributed by atoms with Crippen molar-refractivity contribution in [2.45, 2.75) is 258 Å². The largest absolute Gasteiger partial charge is 0.462 e. The van der Waals surface area contributed by atoms with E-state index in [1.165, 1.54) is 103 Å². The summed E-state index contributed by atoms with van der Waals surface area (Å²) in [6.07, 6.45) is 72.4. The van der Waals surface area contributed by atoms with Crippen molar-refractivity contribution in [2.75, 3.05) is 13.2 Å². The van der Waals surface area contributed by atoms with Crippen LogP contribution in [0.1, 0.15) is 252 Å². The first-order valence-electron chi connectivity index (χ1n) is 27.8. The lowest BCUT2D eigenvalue weighted by Gasteiger charge is -2.18. The van der Waals surface area contributed by atoms with Crippen molar-refractivity contribution in [1.29, 1.82) is 0 Å². The Morgan fingerprint density at radius 2 is 0.567 bits per heavy atom. The van der Waals surface area contributed by atoms with Crippen LogP contribution in [0.3, 0.4) is 0 Å². The summed E-state index contributed by atoms with van der Waals surface area (Å²) in [7, 11) is 0. The fourth-order valence-electron chi connectivity index (χ4n) is 7.53. The van der Waals surface area contributed by atoms with Crippen molar-refractivity contribution in [2.24, 2.45) is 0 Å². The molecule has 6 heteroatoms. The smallest absolute Gasteiger partial charge is 0.306 e. The van der Waals surface area contributed by atoms with Gasteiger partial charge in [-0.3, -0.25) is 14.4 Å². The average Bonchev–Trinajstić information content (AvgIpc) is 3.33. The molecule has 1 unspecified atom stereocenters. The van der Waals surface area contributed by atoms with Crippen molar-refractivity contribution >= 4 is 17.9 Å². The molecular weight excluding hydrogens is 829 g/mol. The van der Waals surface area contributed by atoms with E-state index in [1.807, 2.05) is 24.3 Å². The van der Waals surface area contributed by atoms with E-state index in [9.17, 15) is 14.4 Å². The Hall–Kier alpha value is -3.67. The molecule has 0 amide bonds. The number of unbranched alkanes of at least 4 members (excludes halogenated alkanes) is 28. The Morgan fingerprint density at radius 1 is 0.299 bits per heavy atom. The number of carbonyl (C=O) groups is 3. The molecule has 0 aliphatic heterocycles. The number of carbonyl (C=O) groups excluding carboxylic acids is 3.